The molecule has 0 saturated carbocycles. The molecule has 134 valence electrons. The normalized spacial score (nSPS) is 9.92. The lowest BCUT2D eigenvalue weighted by molar-refractivity contribution is 0.0977. The molecule has 0 radical (unpaired) electrons. The molecule has 1 aromatic heterocycles. The number of amides is 1. The van der Waals surface area contributed by atoms with E-state index in [1.807, 2.05) is 13.0 Å². The zero-order chi connectivity index (χ0) is 19.3. The summed E-state index contributed by atoms with van der Waals surface area (Å²) in [4.78, 5) is 24.7. The maximum atomic E-state index is 12.3. The molecule has 1 heterocycles. The molecule has 0 fully saturated rings. The van der Waals surface area contributed by atoms with Crippen LogP contribution in [-0.4, -0.2) is 22.3 Å². The second kappa shape index (κ2) is 8.27. The molecule has 0 aliphatic heterocycles. The Morgan fingerprint density at radius 3 is 2.73 bits per heavy atom. The van der Waals surface area contributed by atoms with Crippen LogP contribution in [0.15, 0.2) is 35.1 Å². The summed E-state index contributed by atoms with van der Waals surface area (Å²) in [5.74, 6) is 0.130. The summed E-state index contributed by atoms with van der Waals surface area (Å²) in [6.45, 7) is 5.71. The van der Waals surface area contributed by atoms with Gasteiger partial charge < -0.3 is 4.74 Å². The summed E-state index contributed by atoms with van der Waals surface area (Å²) >= 11 is 5.11. The van der Waals surface area contributed by atoms with Crippen LogP contribution in [0.25, 0.3) is 0 Å². The van der Waals surface area contributed by atoms with Crippen LogP contribution in [0.5, 0.6) is 5.75 Å². The molecule has 8 heteroatoms. The quantitative estimate of drug-likeness (QED) is 0.799. The minimum absolute atomic E-state index is 0.0154. The van der Waals surface area contributed by atoms with E-state index in [1.165, 1.54) is 0 Å². The van der Waals surface area contributed by atoms with Gasteiger partial charge in [-0.2, -0.15) is 5.26 Å². The van der Waals surface area contributed by atoms with Crippen LogP contribution >= 0.6 is 12.2 Å². The fourth-order valence-electron chi connectivity index (χ4n) is 2.36. The number of nitrogens with one attached hydrogen (secondary N) is 2. The molecule has 2 aromatic rings. The SMILES string of the molecule is CCOc1cccc(C(=O)NC(=S)Nn2c(C)cc(C)c(C#N)c2=O)c1. The average molecular weight is 370 g/mol. The van der Waals surface area contributed by atoms with Gasteiger partial charge in [0.15, 0.2) is 5.11 Å². The number of aromatic nitrogens is 1. The van der Waals surface area contributed by atoms with E-state index in [0.717, 1.165) is 4.68 Å². The number of benzene rings is 1. The predicted octanol–water partition coefficient (Wildman–Crippen LogP) is 1.99. The fraction of sp³-hybridized carbons (Fsp3) is 0.222. The van der Waals surface area contributed by atoms with Gasteiger partial charge in [0, 0.05) is 11.3 Å². The van der Waals surface area contributed by atoms with Crippen molar-refractivity contribution in [2.24, 2.45) is 0 Å². The first-order chi connectivity index (χ1) is 12.4. The highest BCUT2D eigenvalue weighted by Gasteiger charge is 2.13. The number of aryl methyl sites for hydroxylation is 2. The largest absolute Gasteiger partial charge is 0.494 e. The lowest BCUT2D eigenvalue weighted by Gasteiger charge is -2.15. The first-order valence-electron chi connectivity index (χ1n) is 7.86. The van der Waals surface area contributed by atoms with E-state index in [4.69, 9.17) is 22.2 Å². The molecule has 26 heavy (non-hydrogen) atoms. The summed E-state index contributed by atoms with van der Waals surface area (Å²) < 4.78 is 6.49. The smallest absolute Gasteiger partial charge is 0.287 e. The standard InChI is InChI=1S/C18H18N4O3S/c1-4-25-14-7-5-6-13(9-14)16(23)20-18(26)21-22-12(3)8-11(2)15(10-19)17(22)24/h5-9H,4H2,1-3H3,(H2,20,21,23,26). The van der Waals surface area contributed by atoms with Crippen molar-refractivity contribution in [1.29, 1.82) is 5.26 Å². The van der Waals surface area contributed by atoms with Crippen molar-refractivity contribution in [3.63, 3.8) is 0 Å². The number of thiocarbonyl (C=S) groups is 1. The number of carbonyl (C=O) groups is 1. The van der Waals surface area contributed by atoms with Crippen molar-refractivity contribution >= 4 is 23.2 Å². The number of nitrogens with zero attached hydrogens (tertiary/aromatic N) is 2. The third-order valence-electron chi connectivity index (χ3n) is 3.55. The Kier molecular flexibility index (Phi) is 6.09. The van der Waals surface area contributed by atoms with Gasteiger partial charge >= 0.3 is 0 Å². The highest BCUT2D eigenvalue weighted by molar-refractivity contribution is 7.80. The first kappa shape index (κ1) is 19.1. The fourth-order valence-corrected chi connectivity index (χ4v) is 2.55. The van der Waals surface area contributed by atoms with E-state index in [2.05, 4.69) is 10.7 Å². The van der Waals surface area contributed by atoms with Crippen LogP contribution in [-0.2, 0) is 0 Å². The van der Waals surface area contributed by atoms with Crippen LogP contribution in [0.2, 0.25) is 0 Å². The highest BCUT2D eigenvalue weighted by atomic mass is 32.1. The van der Waals surface area contributed by atoms with E-state index in [9.17, 15) is 9.59 Å². The molecule has 1 amide bonds. The molecule has 0 atom stereocenters. The molecule has 0 bridgehead atoms. The zero-order valence-corrected chi connectivity index (χ0v) is 15.4. The number of ether oxygens (including phenoxy) is 1. The second-order valence-corrected chi connectivity index (χ2v) is 5.86. The Hall–Kier alpha value is -3.18. The van der Waals surface area contributed by atoms with E-state index in [1.54, 1.807) is 44.2 Å². The van der Waals surface area contributed by atoms with Crippen LogP contribution in [0.3, 0.4) is 0 Å². The van der Waals surface area contributed by atoms with Crippen molar-refractivity contribution < 1.29 is 9.53 Å². The molecule has 2 rings (SSSR count). The minimum Gasteiger partial charge on any atom is -0.494 e. The van der Waals surface area contributed by atoms with Crippen LogP contribution in [0.4, 0.5) is 0 Å². The Labute approximate surface area is 156 Å². The van der Waals surface area contributed by atoms with Gasteiger partial charge in [-0.3, -0.25) is 20.3 Å². The maximum Gasteiger partial charge on any atom is 0.287 e. The maximum absolute atomic E-state index is 12.3. The molecular weight excluding hydrogens is 352 g/mol. The first-order valence-corrected chi connectivity index (χ1v) is 8.26. The third-order valence-corrected chi connectivity index (χ3v) is 3.74. The van der Waals surface area contributed by atoms with E-state index >= 15 is 0 Å². The van der Waals surface area contributed by atoms with Gasteiger partial charge in [-0.25, -0.2) is 4.68 Å². The number of pyridine rings is 1. The summed E-state index contributed by atoms with van der Waals surface area (Å²) in [6.07, 6.45) is 0. The number of hydrogen-bond acceptors (Lipinski definition) is 5. The number of hydrogen-bond donors (Lipinski definition) is 2. The lowest BCUT2D eigenvalue weighted by Crippen LogP contribution is -2.43. The summed E-state index contributed by atoms with van der Waals surface area (Å²) in [5.41, 5.74) is 3.63. The Morgan fingerprint density at radius 2 is 2.08 bits per heavy atom. The van der Waals surface area contributed by atoms with Crippen LogP contribution in [0, 0.1) is 25.2 Å². The van der Waals surface area contributed by atoms with Crippen LogP contribution in [0.1, 0.15) is 34.1 Å². The van der Waals surface area contributed by atoms with Gasteiger partial charge in [-0.15, -0.1) is 0 Å². The summed E-state index contributed by atoms with van der Waals surface area (Å²) in [7, 11) is 0. The van der Waals surface area contributed by atoms with Crippen molar-refractivity contribution in [3.8, 4) is 11.8 Å². The molecule has 0 aliphatic rings. The van der Waals surface area contributed by atoms with Gasteiger partial charge in [0.2, 0.25) is 0 Å². The molecular formula is C18H18N4O3S. The number of nitriles is 1. The van der Waals surface area contributed by atoms with Crippen molar-refractivity contribution in [2.75, 3.05) is 12.0 Å². The summed E-state index contributed by atoms with van der Waals surface area (Å²) in [6, 6.07) is 10.2. The molecule has 0 saturated heterocycles. The Balaban J connectivity index is 2.17. The zero-order valence-electron chi connectivity index (χ0n) is 14.6. The molecule has 0 unspecified atom stereocenters. The molecule has 7 nitrogen and oxygen atoms in total. The van der Waals surface area contributed by atoms with Gasteiger partial charge in [0.1, 0.15) is 17.4 Å². The Bertz CT molecular complexity index is 960. The monoisotopic (exact) mass is 370 g/mol. The van der Waals surface area contributed by atoms with Crippen molar-refractivity contribution in [2.45, 2.75) is 20.8 Å². The van der Waals surface area contributed by atoms with Gasteiger partial charge in [-0.1, -0.05) is 6.07 Å². The molecule has 0 aliphatic carbocycles. The average Bonchev–Trinajstić information content (AvgIpc) is 2.59. The second-order valence-electron chi connectivity index (χ2n) is 5.45. The third kappa shape index (κ3) is 4.26. The topological polar surface area (TPSA) is 96.2 Å². The lowest BCUT2D eigenvalue weighted by atomic mass is 10.1. The Morgan fingerprint density at radius 1 is 1.35 bits per heavy atom. The summed E-state index contributed by atoms with van der Waals surface area (Å²) in [5, 5.41) is 11.6. The van der Waals surface area contributed by atoms with Crippen molar-refractivity contribution in [1.82, 2.24) is 9.99 Å². The van der Waals surface area contributed by atoms with E-state index < -0.39 is 11.5 Å². The molecule has 1 aromatic carbocycles. The highest BCUT2D eigenvalue weighted by Crippen LogP contribution is 2.13. The van der Waals surface area contributed by atoms with Gasteiger partial charge in [0.05, 0.1) is 6.61 Å². The number of carbonyl (C=O) groups excluding carboxylic acids is 1. The minimum atomic E-state index is -0.528. The molecule has 2 N–H and O–H groups in total. The molecule has 0 spiro atoms. The van der Waals surface area contributed by atoms with Gasteiger partial charge in [-0.05, 0) is 62.8 Å². The van der Waals surface area contributed by atoms with E-state index in [0.29, 0.717) is 29.2 Å². The van der Waals surface area contributed by atoms with E-state index in [-0.39, 0.29) is 10.7 Å². The van der Waals surface area contributed by atoms with Crippen LogP contribution < -0.4 is 21.0 Å². The van der Waals surface area contributed by atoms with Crippen molar-refractivity contribution in [3.05, 3.63) is 63.1 Å². The predicted molar refractivity (Wildman–Crippen MR) is 102 cm³/mol. The van der Waals surface area contributed by atoms with Gasteiger partial charge in [0.25, 0.3) is 11.5 Å². The number of rotatable bonds is 4.